The first kappa shape index (κ1) is 18.7. The van der Waals surface area contributed by atoms with Gasteiger partial charge in [0.05, 0.1) is 6.61 Å². The van der Waals surface area contributed by atoms with Crippen LogP contribution in [0.25, 0.3) is 0 Å². The summed E-state index contributed by atoms with van der Waals surface area (Å²) in [6.07, 6.45) is 2.60. The van der Waals surface area contributed by atoms with E-state index < -0.39 is 5.97 Å². The van der Waals surface area contributed by atoms with E-state index in [-0.39, 0.29) is 18.4 Å². The van der Waals surface area contributed by atoms with Crippen LogP contribution in [0.15, 0.2) is 0 Å². The smallest absolute Gasteiger partial charge is 0.314 e. The van der Waals surface area contributed by atoms with E-state index in [0.717, 1.165) is 12.8 Å². The summed E-state index contributed by atoms with van der Waals surface area (Å²) >= 11 is 0. The van der Waals surface area contributed by atoms with Crippen LogP contribution in [0.5, 0.6) is 0 Å². The maximum Gasteiger partial charge on any atom is 0.314 e. The fraction of sp³-hybridized carbons (Fsp3) is 0.857. The highest BCUT2D eigenvalue weighted by atomic mass is 16.5. The molecule has 0 aromatic rings. The van der Waals surface area contributed by atoms with E-state index >= 15 is 0 Å². The van der Waals surface area contributed by atoms with Crippen molar-refractivity contribution in [1.29, 1.82) is 0 Å². The van der Waals surface area contributed by atoms with Gasteiger partial charge in [-0.1, -0.05) is 20.3 Å². The number of hydrogen-bond donors (Lipinski definition) is 3. The highest BCUT2D eigenvalue weighted by Crippen LogP contribution is 2.14. The van der Waals surface area contributed by atoms with Crippen molar-refractivity contribution in [2.24, 2.45) is 11.8 Å². The summed E-state index contributed by atoms with van der Waals surface area (Å²) in [4.78, 5) is 22.0. The third-order valence-corrected chi connectivity index (χ3v) is 3.24. The van der Waals surface area contributed by atoms with Crippen LogP contribution in [-0.4, -0.2) is 43.9 Å². The van der Waals surface area contributed by atoms with Crippen molar-refractivity contribution in [3.8, 4) is 0 Å². The summed E-state index contributed by atoms with van der Waals surface area (Å²) < 4.78 is 4.99. The second-order valence-corrected chi connectivity index (χ2v) is 5.19. The van der Waals surface area contributed by atoms with Crippen LogP contribution in [0.1, 0.15) is 39.5 Å². The molecular weight excluding hydrogens is 260 g/mol. The lowest BCUT2D eigenvalue weighted by Gasteiger charge is -2.15. The van der Waals surface area contributed by atoms with E-state index in [9.17, 15) is 9.59 Å². The van der Waals surface area contributed by atoms with Crippen molar-refractivity contribution in [2.45, 2.75) is 39.5 Å². The number of nitrogens with one attached hydrogen (secondary N) is 2. The van der Waals surface area contributed by atoms with Gasteiger partial charge in [-0.15, -0.1) is 0 Å². The number of urea groups is 1. The first-order valence-corrected chi connectivity index (χ1v) is 7.22. The molecule has 0 radical (unpaired) electrons. The number of carboxylic acids is 1. The highest BCUT2D eigenvalue weighted by Gasteiger charge is 2.10. The van der Waals surface area contributed by atoms with E-state index in [1.54, 1.807) is 7.11 Å². The average Bonchev–Trinajstić information content (AvgIpc) is 2.40. The van der Waals surface area contributed by atoms with Crippen LogP contribution in [0.2, 0.25) is 0 Å². The molecule has 0 rings (SSSR count). The topological polar surface area (TPSA) is 87.7 Å². The molecule has 0 saturated carbocycles. The molecule has 2 amide bonds. The minimum Gasteiger partial charge on any atom is -0.481 e. The number of rotatable bonds is 11. The van der Waals surface area contributed by atoms with E-state index in [0.29, 0.717) is 32.0 Å². The predicted molar refractivity (Wildman–Crippen MR) is 77.7 cm³/mol. The Morgan fingerprint density at radius 3 is 2.50 bits per heavy atom. The van der Waals surface area contributed by atoms with Gasteiger partial charge in [0.15, 0.2) is 0 Å². The van der Waals surface area contributed by atoms with E-state index in [4.69, 9.17) is 9.84 Å². The molecule has 6 nitrogen and oxygen atoms in total. The lowest BCUT2D eigenvalue weighted by atomic mass is 9.97. The quantitative estimate of drug-likeness (QED) is 0.541. The van der Waals surface area contributed by atoms with Crippen molar-refractivity contribution in [3.63, 3.8) is 0 Å². The lowest BCUT2D eigenvalue weighted by Crippen LogP contribution is -2.39. The minimum absolute atomic E-state index is 0.180. The van der Waals surface area contributed by atoms with Crippen molar-refractivity contribution in [1.82, 2.24) is 10.6 Å². The van der Waals surface area contributed by atoms with Gasteiger partial charge in [0.25, 0.3) is 0 Å². The monoisotopic (exact) mass is 288 g/mol. The third kappa shape index (κ3) is 10.6. The number of amides is 2. The molecule has 0 aliphatic rings. The lowest BCUT2D eigenvalue weighted by molar-refractivity contribution is -0.137. The Bertz CT molecular complexity index is 284. The molecule has 20 heavy (non-hydrogen) atoms. The zero-order chi connectivity index (χ0) is 15.4. The summed E-state index contributed by atoms with van der Waals surface area (Å²) in [7, 11) is 1.64. The molecule has 0 aromatic carbocycles. The molecule has 0 bridgehead atoms. The Morgan fingerprint density at radius 1 is 1.25 bits per heavy atom. The van der Waals surface area contributed by atoms with Crippen molar-refractivity contribution in [3.05, 3.63) is 0 Å². The van der Waals surface area contributed by atoms with Gasteiger partial charge in [-0.25, -0.2) is 4.79 Å². The van der Waals surface area contributed by atoms with Crippen LogP contribution in [0.4, 0.5) is 4.79 Å². The van der Waals surface area contributed by atoms with Crippen LogP contribution >= 0.6 is 0 Å². The molecule has 0 aromatic heterocycles. The number of carboxylic acid groups (broad SMARTS) is 1. The first-order valence-electron chi connectivity index (χ1n) is 7.22. The van der Waals surface area contributed by atoms with Gasteiger partial charge in [0.2, 0.25) is 0 Å². The highest BCUT2D eigenvalue weighted by molar-refractivity contribution is 5.73. The fourth-order valence-electron chi connectivity index (χ4n) is 1.94. The van der Waals surface area contributed by atoms with E-state index in [1.165, 1.54) is 0 Å². The number of carbonyl (C=O) groups excluding carboxylic acids is 1. The number of methoxy groups -OCH3 is 1. The van der Waals surface area contributed by atoms with Crippen LogP contribution in [0.3, 0.4) is 0 Å². The summed E-state index contributed by atoms with van der Waals surface area (Å²) in [5.74, 6) is -0.134. The first-order chi connectivity index (χ1) is 9.49. The minimum atomic E-state index is -0.763. The molecular formula is C14H28N2O4. The zero-order valence-electron chi connectivity index (χ0n) is 12.8. The SMILES string of the molecule is CCC(CCNC(=O)NCC(C)COC)CCC(=O)O. The van der Waals surface area contributed by atoms with Crippen molar-refractivity contribution >= 4 is 12.0 Å². The molecule has 2 unspecified atom stereocenters. The van der Waals surface area contributed by atoms with Crippen molar-refractivity contribution in [2.75, 3.05) is 26.8 Å². The number of ether oxygens (including phenoxy) is 1. The second-order valence-electron chi connectivity index (χ2n) is 5.19. The van der Waals surface area contributed by atoms with Crippen molar-refractivity contribution < 1.29 is 19.4 Å². The maximum atomic E-state index is 11.5. The molecule has 0 aliphatic carbocycles. The molecule has 0 spiro atoms. The maximum absolute atomic E-state index is 11.5. The fourth-order valence-corrected chi connectivity index (χ4v) is 1.94. The molecule has 0 aliphatic heterocycles. The standard InChI is InChI=1S/C14H28N2O4/c1-4-12(5-6-13(17)18)7-8-15-14(19)16-9-11(2)10-20-3/h11-12H,4-10H2,1-3H3,(H,17,18)(H2,15,16,19). The van der Waals surface area contributed by atoms with Gasteiger partial charge >= 0.3 is 12.0 Å². The molecule has 0 heterocycles. The molecule has 6 heteroatoms. The molecule has 2 atom stereocenters. The van der Waals surface area contributed by atoms with E-state index in [1.807, 2.05) is 13.8 Å². The number of carbonyl (C=O) groups is 2. The van der Waals surface area contributed by atoms with Gasteiger partial charge in [0.1, 0.15) is 0 Å². The third-order valence-electron chi connectivity index (χ3n) is 3.24. The van der Waals surface area contributed by atoms with Gasteiger partial charge in [-0.05, 0) is 24.7 Å². The summed E-state index contributed by atoms with van der Waals surface area (Å²) in [5, 5.41) is 14.2. The molecule has 118 valence electrons. The second kappa shape index (κ2) is 11.5. The van der Waals surface area contributed by atoms with Gasteiger partial charge < -0.3 is 20.5 Å². The van der Waals surface area contributed by atoms with Crippen LogP contribution < -0.4 is 10.6 Å². The number of hydrogen-bond acceptors (Lipinski definition) is 3. The number of aliphatic carboxylic acids is 1. The Balaban J connectivity index is 3.69. The average molecular weight is 288 g/mol. The van der Waals surface area contributed by atoms with Crippen LogP contribution in [-0.2, 0) is 9.53 Å². The Morgan fingerprint density at radius 2 is 1.95 bits per heavy atom. The molecule has 0 fully saturated rings. The Kier molecular flexibility index (Phi) is 10.8. The largest absolute Gasteiger partial charge is 0.481 e. The normalized spacial score (nSPS) is 13.6. The molecule has 3 N–H and O–H groups in total. The summed E-state index contributed by atoms with van der Waals surface area (Å²) in [6.45, 7) is 5.81. The zero-order valence-corrected chi connectivity index (χ0v) is 12.8. The molecule has 0 saturated heterocycles. The van der Waals surface area contributed by atoms with E-state index in [2.05, 4.69) is 10.6 Å². The Labute approximate surface area is 121 Å². The van der Waals surface area contributed by atoms with Gasteiger partial charge in [-0.2, -0.15) is 0 Å². The van der Waals surface area contributed by atoms with Crippen LogP contribution in [0, 0.1) is 11.8 Å². The summed E-state index contributed by atoms with van der Waals surface area (Å²) in [5.41, 5.74) is 0. The predicted octanol–water partition coefficient (Wildman–Crippen LogP) is 1.85. The Hall–Kier alpha value is -1.30. The van der Waals surface area contributed by atoms with Gasteiger partial charge in [-0.3, -0.25) is 4.79 Å². The summed E-state index contributed by atoms with van der Waals surface area (Å²) in [6, 6.07) is -0.180. The van der Waals surface area contributed by atoms with Gasteiger partial charge in [0, 0.05) is 26.6 Å².